The number of aromatic nitrogens is 2. The van der Waals surface area contributed by atoms with Crippen molar-refractivity contribution in [1.82, 2.24) is 25.1 Å². The summed E-state index contributed by atoms with van der Waals surface area (Å²) < 4.78 is 26.0. The minimum absolute atomic E-state index is 0.0322. The lowest BCUT2D eigenvalue weighted by molar-refractivity contribution is -0.128. The van der Waals surface area contributed by atoms with Gasteiger partial charge in [-0.15, -0.1) is 11.3 Å². The molecule has 0 bridgehead atoms. The van der Waals surface area contributed by atoms with E-state index in [1.54, 1.807) is 12.1 Å². The Bertz CT molecular complexity index is 1360. The number of thiophene rings is 1. The van der Waals surface area contributed by atoms with Gasteiger partial charge in [0.2, 0.25) is 15.9 Å². The predicted octanol–water partition coefficient (Wildman–Crippen LogP) is 1.31. The second-order valence-electron chi connectivity index (χ2n) is 7.65. The molecule has 2 aromatic heterocycles. The number of aromatic amines is 1. The number of amides is 2. The molecule has 3 aromatic rings. The largest absolute Gasteiger partial charge is 0.310 e. The molecule has 0 unspecified atom stereocenters. The highest BCUT2D eigenvalue weighted by Crippen LogP contribution is 2.25. The number of rotatable bonds is 7. The molecule has 0 radical (unpaired) electrons. The molecular weight excluding hydrogens is 466 g/mol. The molecular formula is C21H25N5O5S2. The number of carbonyl (C=O) groups is 2. The Morgan fingerprint density at radius 3 is 2.39 bits per heavy atom. The Kier molecular flexibility index (Phi) is 7.30. The van der Waals surface area contributed by atoms with Gasteiger partial charge in [-0.2, -0.15) is 4.31 Å². The molecule has 1 aromatic carbocycles. The van der Waals surface area contributed by atoms with Gasteiger partial charge in [0.1, 0.15) is 10.7 Å². The molecule has 10 nitrogen and oxygen atoms in total. The fourth-order valence-corrected chi connectivity index (χ4v) is 5.24. The Morgan fingerprint density at radius 2 is 1.73 bits per heavy atom. The number of hydrogen-bond acceptors (Lipinski definition) is 7. The number of hydrazine groups is 1. The molecule has 2 heterocycles. The summed E-state index contributed by atoms with van der Waals surface area (Å²) in [5.41, 5.74) is 6.00. The van der Waals surface area contributed by atoms with Gasteiger partial charge in [-0.05, 0) is 38.5 Å². The molecule has 0 aliphatic carbocycles. The highest BCUT2D eigenvalue weighted by Gasteiger charge is 2.23. The van der Waals surface area contributed by atoms with Gasteiger partial charge in [-0.3, -0.25) is 25.2 Å². The Morgan fingerprint density at radius 1 is 1.09 bits per heavy atom. The Labute approximate surface area is 195 Å². The SMILES string of the molecule is Cc1ccc(S(=O)(=O)N(C)CC(=O)NNC(=O)CCc2nc3sc(C)c(C)c3c(=O)[nH]2)cc1. The zero-order valence-corrected chi connectivity index (χ0v) is 20.3. The maximum atomic E-state index is 12.5. The highest BCUT2D eigenvalue weighted by atomic mass is 32.2. The summed E-state index contributed by atoms with van der Waals surface area (Å²) in [6, 6.07) is 6.27. The van der Waals surface area contributed by atoms with E-state index in [0.717, 1.165) is 20.3 Å². The van der Waals surface area contributed by atoms with E-state index in [1.807, 2.05) is 20.8 Å². The van der Waals surface area contributed by atoms with Crippen LogP contribution in [-0.2, 0) is 26.0 Å². The van der Waals surface area contributed by atoms with Crippen molar-refractivity contribution < 1.29 is 18.0 Å². The molecule has 0 saturated carbocycles. The van der Waals surface area contributed by atoms with Gasteiger partial charge >= 0.3 is 0 Å². The third-order valence-corrected chi connectivity index (χ3v) is 8.03. The monoisotopic (exact) mass is 491 g/mol. The maximum absolute atomic E-state index is 12.5. The standard InChI is InChI=1S/C21H25N5O5S2/c1-12-5-7-15(8-6-12)33(30,31)26(4)11-18(28)25-24-17(27)10-9-16-22-20(29)19-13(2)14(3)32-21(19)23-16/h5-8H,9-11H2,1-4H3,(H,24,27)(H,25,28)(H,22,23,29). The molecule has 176 valence electrons. The van der Waals surface area contributed by atoms with Crippen LogP contribution in [0.1, 0.15) is 28.2 Å². The van der Waals surface area contributed by atoms with Gasteiger partial charge in [0.25, 0.3) is 11.5 Å². The van der Waals surface area contributed by atoms with Gasteiger partial charge in [0.05, 0.1) is 16.8 Å². The Balaban J connectivity index is 1.51. The van der Waals surface area contributed by atoms with Crippen molar-refractivity contribution in [3.63, 3.8) is 0 Å². The summed E-state index contributed by atoms with van der Waals surface area (Å²) in [6.45, 7) is 5.15. The van der Waals surface area contributed by atoms with E-state index in [1.165, 1.54) is 30.5 Å². The van der Waals surface area contributed by atoms with Crippen LogP contribution in [0.25, 0.3) is 10.2 Å². The molecule has 12 heteroatoms. The van der Waals surface area contributed by atoms with Crippen molar-refractivity contribution in [3.05, 3.63) is 56.4 Å². The zero-order valence-electron chi connectivity index (χ0n) is 18.7. The first-order valence-electron chi connectivity index (χ1n) is 10.1. The summed E-state index contributed by atoms with van der Waals surface area (Å²) in [7, 11) is -2.56. The molecule has 2 amide bonds. The first-order chi connectivity index (χ1) is 15.5. The van der Waals surface area contributed by atoms with E-state index in [0.29, 0.717) is 16.0 Å². The third-order valence-electron chi connectivity index (χ3n) is 5.11. The van der Waals surface area contributed by atoms with Crippen molar-refractivity contribution >= 4 is 43.4 Å². The molecule has 0 saturated heterocycles. The minimum atomic E-state index is -3.84. The summed E-state index contributed by atoms with van der Waals surface area (Å²) in [5, 5.41) is 0.558. The topological polar surface area (TPSA) is 141 Å². The molecule has 0 atom stereocenters. The lowest BCUT2D eigenvalue weighted by Crippen LogP contribution is -2.46. The Hall–Kier alpha value is -3.09. The highest BCUT2D eigenvalue weighted by molar-refractivity contribution is 7.89. The van der Waals surface area contributed by atoms with Crippen LogP contribution in [0.15, 0.2) is 34.0 Å². The first-order valence-corrected chi connectivity index (χ1v) is 12.3. The van der Waals surface area contributed by atoms with Gasteiger partial charge in [-0.1, -0.05) is 17.7 Å². The number of nitrogens with one attached hydrogen (secondary N) is 3. The number of likely N-dealkylation sites (N-methyl/N-ethyl adjacent to an activating group) is 1. The summed E-state index contributed by atoms with van der Waals surface area (Å²) in [6.07, 6.45) is 0.139. The normalized spacial score (nSPS) is 11.7. The predicted molar refractivity (Wildman–Crippen MR) is 125 cm³/mol. The van der Waals surface area contributed by atoms with E-state index in [4.69, 9.17) is 0 Å². The van der Waals surface area contributed by atoms with Gasteiger partial charge in [0, 0.05) is 24.8 Å². The van der Waals surface area contributed by atoms with Gasteiger partial charge < -0.3 is 4.98 Å². The molecule has 3 N–H and O–H groups in total. The maximum Gasteiger partial charge on any atom is 0.259 e. The van der Waals surface area contributed by atoms with Crippen LogP contribution in [0.5, 0.6) is 0 Å². The van der Waals surface area contributed by atoms with Crippen molar-refractivity contribution in [2.75, 3.05) is 13.6 Å². The number of fused-ring (bicyclic) bond motifs is 1. The zero-order chi connectivity index (χ0) is 24.3. The average molecular weight is 492 g/mol. The van der Waals surface area contributed by atoms with Crippen molar-refractivity contribution in [1.29, 1.82) is 0 Å². The van der Waals surface area contributed by atoms with Gasteiger partial charge in [-0.25, -0.2) is 13.4 Å². The van der Waals surface area contributed by atoms with E-state index >= 15 is 0 Å². The molecule has 0 aliphatic heterocycles. The summed E-state index contributed by atoms with van der Waals surface area (Å²) in [5.74, 6) is -0.827. The van der Waals surface area contributed by atoms with E-state index in [2.05, 4.69) is 20.8 Å². The number of aryl methyl sites for hydroxylation is 4. The minimum Gasteiger partial charge on any atom is -0.310 e. The van der Waals surface area contributed by atoms with Crippen LogP contribution >= 0.6 is 11.3 Å². The number of hydrogen-bond donors (Lipinski definition) is 3. The van der Waals surface area contributed by atoms with Crippen LogP contribution < -0.4 is 16.4 Å². The van der Waals surface area contributed by atoms with E-state index in [-0.39, 0.29) is 23.3 Å². The van der Waals surface area contributed by atoms with Crippen LogP contribution in [0.3, 0.4) is 0 Å². The second-order valence-corrected chi connectivity index (χ2v) is 10.9. The molecule has 0 spiro atoms. The van der Waals surface area contributed by atoms with Crippen LogP contribution in [-0.4, -0.2) is 48.1 Å². The number of sulfonamides is 1. The fraction of sp³-hybridized carbons (Fsp3) is 0.333. The van der Waals surface area contributed by atoms with Crippen molar-refractivity contribution in [2.24, 2.45) is 0 Å². The molecule has 0 fully saturated rings. The quantitative estimate of drug-likeness (QED) is 0.426. The smallest absolute Gasteiger partial charge is 0.259 e. The molecule has 33 heavy (non-hydrogen) atoms. The number of H-pyrrole nitrogens is 1. The van der Waals surface area contributed by atoms with Crippen molar-refractivity contribution in [3.8, 4) is 0 Å². The summed E-state index contributed by atoms with van der Waals surface area (Å²) in [4.78, 5) is 45.3. The van der Waals surface area contributed by atoms with Crippen molar-refractivity contribution in [2.45, 2.75) is 38.5 Å². The van der Waals surface area contributed by atoms with Crippen LogP contribution in [0.4, 0.5) is 0 Å². The van der Waals surface area contributed by atoms with E-state index < -0.39 is 28.4 Å². The third kappa shape index (κ3) is 5.64. The lowest BCUT2D eigenvalue weighted by atomic mass is 10.2. The van der Waals surface area contributed by atoms with Crippen LogP contribution in [0.2, 0.25) is 0 Å². The first kappa shape index (κ1) is 24.6. The number of benzene rings is 1. The average Bonchev–Trinajstić information content (AvgIpc) is 3.04. The number of carbonyl (C=O) groups excluding carboxylic acids is 2. The van der Waals surface area contributed by atoms with Crippen LogP contribution in [0, 0.1) is 20.8 Å². The molecule has 3 rings (SSSR count). The van der Waals surface area contributed by atoms with E-state index in [9.17, 15) is 22.8 Å². The molecule has 0 aliphatic rings. The lowest BCUT2D eigenvalue weighted by Gasteiger charge is -2.17. The van der Waals surface area contributed by atoms with Gasteiger partial charge in [0.15, 0.2) is 0 Å². The second kappa shape index (κ2) is 9.81. The number of nitrogens with zero attached hydrogens (tertiary/aromatic N) is 2. The fourth-order valence-electron chi connectivity index (χ4n) is 3.07. The summed E-state index contributed by atoms with van der Waals surface area (Å²) >= 11 is 1.42.